The molecular formula is C10H8F4N2O4. The summed E-state index contributed by atoms with van der Waals surface area (Å²) in [5.74, 6) is -7.32. The van der Waals surface area contributed by atoms with E-state index < -0.39 is 34.6 Å². The van der Waals surface area contributed by atoms with Crippen LogP contribution < -0.4 is 10.1 Å². The number of rotatable bonds is 5. The average Bonchev–Trinajstić information content (AvgIpc) is 2.38. The topological polar surface area (TPSA) is 81.5 Å². The number of alkyl halides is 4. The SMILES string of the molecule is COc1ccc(NC(=O)C(F)(F)C(F)F)cc1[N+](=O)[O-]. The monoisotopic (exact) mass is 296 g/mol. The summed E-state index contributed by atoms with van der Waals surface area (Å²) in [6.45, 7) is 0. The van der Waals surface area contributed by atoms with E-state index in [-0.39, 0.29) is 5.75 Å². The number of benzene rings is 1. The number of carbonyl (C=O) groups is 1. The fourth-order valence-corrected chi connectivity index (χ4v) is 1.22. The van der Waals surface area contributed by atoms with Crippen LogP contribution in [-0.4, -0.2) is 30.3 Å². The van der Waals surface area contributed by atoms with Gasteiger partial charge in [0, 0.05) is 11.8 Å². The van der Waals surface area contributed by atoms with E-state index >= 15 is 0 Å². The zero-order valence-corrected chi connectivity index (χ0v) is 9.90. The van der Waals surface area contributed by atoms with Gasteiger partial charge < -0.3 is 10.1 Å². The van der Waals surface area contributed by atoms with Gasteiger partial charge in [0.15, 0.2) is 5.75 Å². The van der Waals surface area contributed by atoms with Gasteiger partial charge in [0.25, 0.3) is 0 Å². The molecule has 20 heavy (non-hydrogen) atoms. The van der Waals surface area contributed by atoms with Gasteiger partial charge in [0.2, 0.25) is 0 Å². The Bertz CT molecular complexity index is 536. The first-order valence-corrected chi connectivity index (χ1v) is 5.00. The van der Waals surface area contributed by atoms with Gasteiger partial charge >= 0.3 is 23.9 Å². The van der Waals surface area contributed by atoms with E-state index in [4.69, 9.17) is 0 Å². The molecule has 0 saturated carbocycles. The van der Waals surface area contributed by atoms with E-state index in [0.717, 1.165) is 25.3 Å². The molecule has 0 aliphatic carbocycles. The number of nitro benzene ring substituents is 1. The summed E-state index contributed by atoms with van der Waals surface area (Å²) in [6, 6.07) is 2.76. The number of nitrogens with zero attached hydrogens (tertiary/aromatic N) is 1. The van der Waals surface area contributed by atoms with Crippen LogP contribution in [0.4, 0.5) is 28.9 Å². The van der Waals surface area contributed by atoms with Crippen LogP contribution in [0.25, 0.3) is 0 Å². The molecule has 10 heteroatoms. The van der Waals surface area contributed by atoms with Crippen LogP contribution in [-0.2, 0) is 4.79 Å². The second-order valence-corrected chi connectivity index (χ2v) is 3.52. The maximum atomic E-state index is 12.7. The van der Waals surface area contributed by atoms with Crippen molar-refractivity contribution >= 4 is 17.3 Å². The van der Waals surface area contributed by atoms with Crippen LogP contribution in [0.3, 0.4) is 0 Å². The molecule has 0 unspecified atom stereocenters. The standard InChI is InChI=1S/C10H8F4N2O4/c1-20-7-3-2-5(4-6(7)16(18)19)15-9(17)10(13,14)8(11)12/h2-4,8H,1H3,(H,15,17). The number of carbonyl (C=O) groups excluding carboxylic acids is 1. The molecule has 0 fully saturated rings. The Morgan fingerprint density at radius 2 is 2.05 bits per heavy atom. The number of hydrogen-bond donors (Lipinski definition) is 1. The van der Waals surface area contributed by atoms with Gasteiger partial charge in [-0.05, 0) is 12.1 Å². The van der Waals surface area contributed by atoms with Gasteiger partial charge in [-0.25, -0.2) is 8.78 Å². The molecule has 0 aliphatic heterocycles. The number of ether oxygens (including phenoxy) is 1. The third-order valence-corrected chi connectivity index (χ3v) is 2.21. The Kier molecular flexibility index (Phi) is 4.48. The molecule has 0 radical (unpaired) electrons. The molecule has 0 aromatic heterocycles. The van der Waals surface area contributed by atoms with Crippen molar-refractivity contribution in [2.75, 3.05) is 12.4 Å². The van der Waals surface area contributed by atoms with Crippen LogP contribution in [0.2, 0.25) is 0 Å². The predicted octanol–water partition coefficient (Wildman–Crippen LogP) is 2.44. The molecule has 1 aromatic rings. The molecule has 1 N–H and O–H groups in total. The third-order valence-electron chi connectivity index (χ3n) is 2.21. The fourth-order valence-electron chi connectivity index (χ4n) is 1.22. The minimum atomic E-state index is -4.89. The van der Waals surface area contributed by atoms with E-state index in [2.05, 4.69) is 4.74 Å². The zero-order chi connectivity index (χ0) is 15.5. The summed E-state index contributed by atoms with van der Waals surface area (Å²) in [5.41, 5.74) is -1.03. The Labute approximate surface area is 109 Å². The van der Waals surface area contributed by atoms with Crippen molar-refractivity contribution in [1.82, 2.24) is 0 Å². The van der Waals surface area contributed by atoms with Crippen LogP contribution in [0, 0.1) is 10.1 Å². The molecule has 0 atom stereocenters. The summed E-state index contributed by atoms with van der Waals surface area (Å²) < 4.78 is 54.0. The second-order valence-electron chi connectivity index (χ2n) is 3.52. The maximum absolute atomic E-state index is 12.7. The molecule has 0 aliphatic rings. The number of halogens is 4. The minimum Gasteiger partial charge on any atom is -0.490 e. The summed E-state index contributed by atoms with van der Waals surface area (Å²) in [6.07, 6.45) is -4.18. The number of hydrogen-bond acceptors (Lipinski definition) is 4. The van der Waals surface area contributed by atoms with Gasteiger partial charge in [0.1, 0.15) is 0 Å². The van der Waals surface area contributed by atoms with Gasteiger partial charge in [-0.2, -0.15) is 8.78 Å². The second kappa shape index (κ2) is 5.72. The van der Waals surface area contributed by atoms with E-state index in [1.807, 2.05) is 0 Å². The molecule has 1 rings (SSSR count). The molecular weight excluding hydrogens is 288 g/mol. The molecule has 0 spiro atoms. The molecule has 6 nitrogen and oxygen atoms in total. The quantitative estimate of drug-likeness (QED) is 0.514. The summed E-state index contributed by atoms with van der Waals surface area (Å²) in [7, 11) is 1.14. The first-order chi connectivity index (χ1) is 9.20. The van der Waals surface area contributed by atoms with Crippen LogP contribution in [0.1, 0.15) is 0 Å². The lowest BCUT2D eigenvalue weighted by Crippen LogP contribution is -2.40. The lowest BCUT2D eigenvalue weighted by molar-refractivity contribution is -0.385. The molecule has 110 valence electrons. The fraction of sp³-hybridized carbons (Fsp3) is 0.300. The molecule has 1 aromatic carbocycles. The molecule has 0 saturated heterocycles. The first kappa shape index (κ1) is 15.7. The Morgan fingerprint density at radius 1 is 1.45 bits per heavy atom. The normalized spacial score (nSPS) is 11.3. The minimum absolute atomic E-state index is 0.173. The largest absolute Gasteiger partial charge is 0.490 e. The first-order valence-electron chi connectivity index (χ1n) is 5.00. The highest BCUT2D eigenvalue weighted by atomic mass is 19.3. The number of nitrogens with one attached hydrogen (secondary N) is 1. The van der Waals surface area contributed by atoms with Crippen molar-refractivity contribution in [2.24, 2.45) is 0 Å². The summed E-state index contributed by atoms with van der Waals surface area (Å²) in [4.78, 5) is 20.8. The Morgan fingerprint density at radius 3 is 2.50 bits per heavy atom. The molecule has 0 heterocycles. The van der Waals surface area contributed by atoms with Crippen LogP contribution in [0.5, 0.6) is 5.75 Å². The third kappa shape index (κ3) is 3.13. The predicted molar refractivity (Wildman–Crippen MR) is 59.2 cm³/mol. The van der Waals surface area contributed by atoms with Crippen molar-refractivity contribution in [3.63, 3.8) is 0 Å². The van der Waals surface area contributed by atoms with Gasteiger partial charge in [0.05, 0.1) is 12.0 Å². The summed E-state index contributed by atoms with van der Waals surface area (Å²) >= 11 is 0. The van der Waals surface area contributed by atoms with Gasteiger partial charge in [-0.3, -0.25) is 14.9 Å². The van der Waals surface area contributed by atoms with Crippen molar-refractivity contribution in [1.29, 1.82) is 0 Å². The Balaban J connectivity index is 3.03. The van der Waals surface area contributed by atoms with Crippen molar-refractivity contribution in [3.05, 3.63) is 28.3 Å². The highest BCUT2D eigenvalue weighted by Gasteiger charge is 2.49. The number of anilines is 1. The highest BCUT2D eigenvalue weighted by molar-refractivity contribution is 5.96. The van der Waals surface area contributed by atoms with E-state index in [9.17, 15) is 32.5 Å². The molecule has 0 bridgehead atoms. The van der Waals surface area contributed by atoms with E-state index in [1.165, 1.54) is 5.32 Å². The number of amides is 1. The lowest BCUT2D eigenvalue weighted by atomic mass is 10.2. The van der Waals surface area contributed by atoms with E-state index in [0.29, 0.717) is 0 Å². The van der Waals surface area contributed by atoms with Gasteiger partial charge in [-0.1, -0.05) is 0 Å². The number of methoxy groups -OCH3 is 1. The maximum Gasteiger partial charge on any atom is 0.383 e. The highest BCUT2D eigenvalue weighted by Crippen LogP contribution is 2.31. The van der Waals surface area contributed by atoms with Crippen molar-refractivity contribution < 1.29 is 32.0 Å². The average molecular weight is 296 g/mol. The van der Waals surface area contributed by atoms with Crippen molar-refractivity contribution in [3.8, 4) is 5.75 Å². The van der Waals surface area contributed by atoms with Gasteiger partial charge in [-0.15, -0.1) is 0 Å². The zero-order valence-electron chi connectivity index (χ0n) is 9.90. The lowest BCUT2D eigenvalue weighted by Gasteiger charge is -2.14. The number of nitro groups is 1. The van der Waals surface area contributed by atoms with Crippen molar-refractivity contribution in [2.45, 2.75) is 12.3 Å². The summed E-state index contributed by atoms with van der Waals surface area (Å²) in [5, 5.41) is 12.1. The Hall–Kier alpha value is -2.39. The van der Waals surface area contributed by atoms with Crippen LogP contribution >= 0.6 is 0 Å². The van der Waals surface area contributed by atoms with Crippen LogP contribution in [0.15, 0.2) is 18.2 Å². The molecule has 1 amide bonds. The van der Waals surface area contributed by atoms with E-state index in [1.54, 1.807) is 0 Å². The smallest absolute Gasteiger partial charge is 0.383 e.